The Kier molecular flexibility index (Phi) is 4.76. The Balaban J connectivity index is 2.18. The molecular formula is C18H21NO2. The van der Waals surface area contributed by atoms with Crippen LogP contribution < -0.4 is 0 Å². The van der Waals surface area contributed by atoms with Gasteiger partial charge in [-0.3, -0.25) is 4.79 Å². The summed E-state index contributed by atoms with van der Waals surface area (Å²) in [6, 6.07) is 16.6. The van der Waals surface area contributed by atoms with Crippen LogP contribution in [-0.4, -0.2) is 29.0 Å². The molecule has 21 heavy (non-hydrogen) atoms. The number of amides is 1. The first kappa shape index (κ1) is 15.3. The van der Waals surface area contributed by atoms with Crippen LogP contribution in [0.2, 0.25) is 0 Å². The predicted octanol–water partition coefficient (Wildman–Crippen LogP) is 3.19. The Morgan fingerprint density at radius 1 is 1.05 bits per heavy atom. The van der Waals surface area contributed by atoms with Gasteiger partial charge < -0.3 is 10.0 Å². The molecule has 0 aromatic heterocycles. The molecule has 2 aromatic carbocycles. The van der Waals surface area contributed by atoms with Crippen LogP contribution in [0.1, 0.15) is 34.5 Å². The third kappa shape index (κ3) is 3.31. The van der Waals surface area contributed by atoms with Crippen molar-refractivity contribution in [1.82, 2.24) is 4.90 Å². The molecule has 1 N–H and O–H groups in total. The molecule has 3 nitrogen and oxygen atoms in total. The maximum absolute atomic E-state index is 12.6. The Labute approximate surface area is 125 Å². The molecule has 0 aliphatic carbocycles. The van der Waals surface area contributed by atoms with Gasteiger partial charge in [-0.15, -0.1) is 0 Å². The predicted molar refractivity (Wildman–Crippen MR) is 84.1 cm³/mol. The highest BCUT2D eigenvalue weighted by Crippen LogP contribution is 2.21. The largest absolute Gasteiger partial charge is 0.386 e. The van der Waals surface area contributed by atoms with E-state index in [4.69, 9.17) is 0 Å². The molecule has 0 aliphatic heterocycles. The van der Waals surface area contributed by atoms with E-state index in [1.54, 1.807) is 11.9 Å². The Hall–Kier alpha value is -2.13. The second-order valence-corrected chi connectivity index (χ2v) is 5.33. The first-order valence-electron chi connectivity index (χ1n) is 7.08. The van der Waals surface area contributed by atoms with Gasteiger partial charge in [-0.1, -0.05) is 48.5 Å². The highest BCUT2D eigenvalue weighted by Gasteiger charge is 2.25. The molecule has 0 heterocycles. The van der Waals surface area contributed by atoms with E-state index >= 15 is 0 Å². The van der Waals surface area contributed by atoms with Gasteiger partial charge >= 0.3 is 0 Å². The minimum Gasteiger partial charge on any atom is -0.386 e. The molecule has 0 aliphatic rings. The molecule has 2 aromatic rings. The molecule has 110 valence electrons. The molecule has 0 spiro atoms. The number of carbonyl (C=O) groups excluding carboxylic acids is 1. The van der Waals surface area contributed by atoms with E-state index in [0.717, 1.165) is 11.1 Å². The average Bonchev–Trinajstić information content (AvgIpc) is 2.53. The summed E-state index contributed by atoms with van der Waals surface area (Å²) in [6.45, 7) is 3.77. The lowest BCUT2D eigenvalue weighted by Gasteiger charge is -2.29. The van der Waals surface area contributed by atoms with Crippen molar-refractivity contribution in [1.29, 1.82) is 0 Å². The quantitative estimate of drug-likeness (QED) is 0.936. The number of rotatable bonds is 4. The highest BCUT2D eigenvalue weighted by atomic mass is 16.3. The van der Waals surface area contributed by atoms with E-state index in [1.165, 1.54) is 0 Å². The van der Waals surface area contributed by atoms with Gasteiger partial charge in [0, 0.05) is 12.6 Å². The number of hydrogen-bond acceptors (Lipinski definition) is 2. The Morgan fingerprint density at radius 2 is 1.62 bits per heavy atom. The lowest BCUT2D eigenvalue weighted by Crippen LogP contribution is -2.39. The minimum absolute atomic E-state index is 0.0735. The van der Waals surface area contributed by atoms with Gasteiger partial charge in [-0.2, -0.15) is 0 Å². The Bertz CT molecular complexity index is 610. The second-order valence-electron chi connectivity index (χ2n) is 5.33. The maximum atomic E-state index is 12.6. The molecule has 0 fully saturated rings. The van der Waals surface area contributed by atoms with Crippen LogP contribution in [0.4, 0.5) is 0 Å². The third-order valence-corrected chi connectivity index (χ3v) is 3.90. The molecule has 0 saturated carbocycles. The summed E-state index contributed by atoms with van der Waals surface area (Å²) in [6.07, 6.45) is -0.704. The number of nitrogens with zero attached hydrogens (tertiary/aromatic N) is 1. The van der Waals surface area contributed by atoms with Crippen LogP contribution in [-0.2, 0) is 0 Å². The number of benzene rings is 2. The van der Waals surface area contributed by atoms with E-state index in [9.17, 15) is 9.90 Å². The van der Waals surface area contributed by atoms with Crippen molar-refractivity contribution >= 4 is 5.91 Å². The number of likely N-dealkylation sites (N-methyl/N-ethyl adjacent to an activating group) is 1. The summed E-state index contributed by atoms with van der Waals surface area (Å²) in [5.74, 6) is -0.0735. The van der Waals surface area contributed by atoms with Crippen molar-refractivity contribution in [2.75, 3.05) is 7.05 Å². The zero-order chi connectivity index (χ0) is 15.4. The van der Waals surface area contributed by atoms with Gasteiger partial charge in [0.05, 0.1) is 12.1 Å². The van der Waals surface area contributed by atoms with Gasteiger partial charge in [0.2, 0.25) is 0 Å². The van der Waals surface area contributed by atoms with E-state index in [0.29, 0.717) is 5.56 Å². The Morgan fingerprint density at radius 3 is 2.24 bits per heavy atom. The minimum atomic E-state index is -0.704. The van der Waals surface area contributed by atoms with Crippen LogP contribution >= 0.6 is 0 Å². The zero-order valence-corrected chi connectivity index (χ0v) is 12.7. The molecular weight excluding hydrogens is 262 g/mol. The van der Waals surface area contributed by atoms with E-state index in [-0.39, 0.29) is 11.9 Å². The number of aliphatic hydroxyl groups excluding tert-OH is 1. The maximum Gasteiger partial charge on any atom is 0.254 e. The summed E-state index contributed by atoms with van der Waals surface area (Å²) in [5, 5.41) is 10.4. The first-order chi connectivity index (χ1) is 10.0. The summed E-state index contributed by atoms with van der Waals surface area (Å²) in [7, 11) is 1.73. The van der Waals surface area contributed by atoms with E-state index in [1.807, 2.05) is 68.4 Å². The van der Waals surface area contributed by atoms with Gasteiger partial charge in [0.1, 0.15) is 0 Å². The molecule has 2 unspecified atom stereocenters. The average molecular weight is 283 g/mol. The van der Waals surface area contributed by atoms with Crippen LogP contribution in [0.15, 0.2) is 54.6 Å². The number of aliphatic hydroxyl groups is 1. The molecule has 0 saturated heterocycles. The number of hydrogen-bond donors (Lipinski definition) is 1. The van der Waals surface area contributed by atoms with Crippen molar-refractivity contribution in [3.8, 4) is 0 Å². The second kappa shape index (κ2) is 6.55. The van der Waals surface area contributed by atoms with Crippen LogP contribution in [0, 0.1) is 6.92 Å². The van der Waals surface area contributed by atoms with Crippen molar-refractivity contribution in [2.45, 2.75) is 26.0 Å². The van der Waals surface area contributed by atoms with Crippen LogP contribution in [0.25, 0.3) is 0 Å². The van der Waals surface area contributed by atoms with Crippen molar-refractivity contribution in [2.24, 2.45) is 0 Å². The smallest absolute Gasteiger partial charge is 0.254 e. The van der Waals surface area contributed by atoms with Crippen LogP contribution in [0.3, 0.4) is 0 Å². The molecule has 0 bridgehead atoms. The number of aryl methyl sites for hydroxylation is 1. The summed E-state index contributed by atoms with van der Waals surface area (Å²) in [5.41, 5.74) is 2.43. The van der Waals surface area contributed by atoms with Crippen molar-refractivity contribution in [3.05, 3.63) is 71.3 Å². The monoisotopic (exact) mass is 283 g/mol. The third-order valence-electron chi connectivity index (χ3n) is 3.90. The van der Waals surface area contributed by atoms with Crippen molar-refractivity contribution in [3.63, 3.8) is 0 Å². The van der Waals surface area contributed by atoms with Gasteiger partial charge in [-0.25, -0.2) is 0 Å². The van der Waals surface area contributed by atoms with Gasteiger partial charge in [0.15, 0.2) is 0 Å². The summed E-state index contributed by atoms with van der Waals surface area (Å²) < 4.78 is 0. The highest BCUT2D eigenvalue weighted by molar-refractivity contribution is 5.95. The molecule has 2 rings (SSSR count). The van der Waals surface area contributed by atoms with Crippen molar-refractivity contribution < 1.29 is 9.90 Å². The normalized spacial score (nSPS) is 13.5. The zero-order valence-electron chi connectivity index (χ0n) is 12.7. The fourth-order valence-electron chi connectivity index (χ4n) is 2.33. The fourth-order valence-corrected chi connectivity index (χ4v) is 2.33. The summed E-state index contributed by atoms with van der Waals surface area (Å²) in [4.78, 5) is 14.2. The lowest BCUT2D eigenvalue weighted by atomic mass is 10.0. The van der Waals surface area contributed by atoms with Gasteiger partial charge in [-0.05, 0) is 31.0 Å². The topological polar surface area (TPSA) is 40.5 Å². The van der Waals surface area contributed by atoms with Crippen LogP contribution in [0.5, 0.6) is 0 Å². The molecule has 2 atom stereocenters. The standard InChI is InChI=1S/C18H21NO2/c1-13-9-7-8-12-16(13)18(21)19(3)14(2)17(20)15-10-5-4-6-11-15/h4-12,14,17,20H,1-3H3. The van der Waals surface area contributed by atoms with Gasteiger partial charge in [0.25, 0.3) is 5.91 Å². The molecule has 3 heteroatoms. The molecule has 1 amide bonds. The van der Waals surface area contributed by atoms with E-state index < -0.39 is 6.10 Å². The summed E-state index contributed by atoms with van der Waals surface area (Å²) >= 11 is 0. The lowest BCUT2D eigenvalue weighted by molar-refractivity contribution is 0.0486. The van der Waals surface area contributed by atoms with E-state index in [2.05, 4.69) is 0 Å². The number of carbonyl (C=O) groups is 1. The first-order valence-corrected chi connectivity index (χ1v) is 7.08. The SMILES string of the molecule is Cc1ccccc1C(=O)N(C)C(C)C(O)c1ccccc1. The molecule has 0 radical (unpaired) electrons. The fraction of sp³-hybridized carbons (Fsp3) is 0.278.